The summed E-state index contributed by atoms with van der Waals surface area (Å²) in [5.74, 6) is 0.0886. The zero-order valence-corrected chi connectivity index (χ0v) is 8.11. The first kappa shape index (κ1) is 10.4. The van der Waals surface area contributed by atoms with Gasteiger partial charge in [0.2, 0.25) is 0 Å². The Bertz CT molecular complexity index is 356. The van der Waals surface area contributed by atoms with Crippen molar-refractivity contribution in [2.24, 2.45) is 0 Å². The summed E-state index contributed by atoms with van der Waals surface area (Å²) in [6, 6.07) is 4.89. The number of carbonyl (C=O) groups excluding carboxylic acids is 2. The smallest absolute Gasteiger partial charge is 0.314 e. The molecule has 0 amide bonds. The molecule has 3 heteroatoms. The minimum absolute atomic E-state index is 0.396. The van der Waals surface area contributed by atoms with Crippen molar-refractivity contribution in [1.29, 1.82) is 0 Å². The van der Waals surface area contributed by atoms with Crippen molar-refractivity contribution in [3.05, 3.63) is 35.7 Å². The molecule has 0 atom stereocenters. The van der Waals surface area contributed by atoms with Gasteiger partial charge in [-0.25, -0.2) is 0 Å². The second-order valence-corrected chi connectivity index (χ2v) is 2.85. The van der Waals surface area contributed by atoms with Crippen molar-refractivity contribution in [3.8, 4) is 5.75 Å². The Balaban J connectivity index is 2.89. The van der Waals surface area contributed by atoms with Crippen LogP contribution >= 0.6 is 0 Å². The maximum atomic E-state index is 10.9. The SMILES string of the molecule is C[CH]C(=O)Oc1ccc(C=O)cc1C. The average Bonchev–Trinajstić information content (AvgIpc) is 2.20. The molecule has 3 nitrogen and oxygen atoms in total. The monoisotopic (exact) mass is 191 g/mol. The summed E-state index contributed by atoms with van der Waals surface area (Å²) in [5, 5.41) is 0. The van der Waals surface area contributed by atoms with Gasteiger partial charge in [0.15, 0.2) is 0 Å². The fraction of sp³-hybridized carbons (Fsp3) is 0.182. The third-order valence-corrected chi connectivity index (χ3v) is 1.78. The lowest BCUT2D eigenvalue weighted by atomic mass is 10.1. The van der Waals surface area contributed by atoms with E-state index in [2.05, 4.69) is 0 Å². The number of carbonyl (C=O) groups is 2. The summed E-state index contributed by atoms with van der Waals surface area (Å²) in [6.07, 6.45) is 2.09. The van der Waals surface area contributed by atoms with E-state index in [0.29, 0.717) is 11.3 Å². The molecule has 0 saturated heterocycles. The highest BCUT2D eigenvalue weighted by Gasteiger charge is 2.05. The molecule has 0 aliphatic heterocycles. The van der Waals surface area contributed by atoms with Gasteiger partial charge >= 0.3 is 5.97 Å². The Morgan fingerprint density at radius 3 is 2.64 bits per heavy atom. The maximum absolute atomic E-state index is 10.9. The number of ether oxygens (including phenoxy) is 1. The number of aldehydes is 1. The van der Waals surface area contributed by atoms with Gasteiger partial charge < -0.3 is 4.74 Å². The highest BCUT2D eigenvalue weighted by atomic mass is 16.5. The molecular formula is C11H11O3. The lowest BCUT2D eigenvalue weighted by molar-refractivity contribution is -0.130. The van der Waals surface area contributed by atoms with Gasteiger partial charge in [-0.05, 0) is 30.7 Å². The molecule has 14 heavy (non-hydrogen) atoms. The maximum Gasteiger partial charge on any atom is 0.314 e. The first-order chi connectivity index (χ1) is 6.67. The predicted octanol–water partition coefficient (Wildman–Crippen LogP) is 1.94. The van der Waals surface area contributed by atoms with E-state index in [1.165, 1.54) is 6.42 Å². The summed E-state index contributed by atoms with van der Waals surface area (Å²) >= 11 is 0. The number of benzene rings is 1. The molecule has 0 aliphatic rings. The lowest BCUT2D eigenvalue weighted by Gasteiger charge is -2.05. The first-order valence-electron chi connectivity index (χ1n) is 4.24. The van der Waals surface area contributed by atoms with Crippen LogP contribution in [0.15, 0.2) is 18.2 Å². The quantitative estimate of drug-likeness (QED) is 0.416. The van der Waals surface area contributed by atoms with Crippen LogP contribution in [0.2, 0.25) is 0 Å². The van der Waals surface area contributed by atoms with E-state index in [1.54, 1.807) is 32.0 Å². The summed E-state index contributed by atoms with van der Waals surface area (Å²) in [4.78, 5) is 21.4. The molecule has 0 aliphatic carbocycles. The Kier molecular flexibility index (Phi) is 3.40. The van der Waals surface area contributed by atoms with Gasteiger partial charge in [-0.3, -0.25) is 9.59 Å². The summed E-state index contributed by atoms with van der Waals surface area (Å²) in [5.41, 5.74) is 1.34. The Morgan fingerprint density at radius 2 is 2.14 bits per heavy atom. The van der Waals surface area contributed by atoms with Gasteiger partial charge in [-0.15, -0.1) is 0 Å². The van der Waals surface area contributed by atoms with Crippen LogP contribution in [-0.2, 0) is 4.79 Å². The molecule has 0 spiro atoms. The average molecular weight is 191 g/mol. The van der Waals surface area contributed by atoms with E-state index in [0.717, 1.165) is 11.8 Å². The van der Waals surface area contributed by atoms with Crippen LogP contribution < -0.4 is 4.74 Å². The van der Waals surface area contributed by atoms with Crippen molar-refractivity contribution in [1.82, 2.24) is 0 Å². The number of esters is 1. The second-order valence-electron chi connectivity index (χ2n) is 2.85. The molecule has 0 saturated carbocycles. The molecule has 1 radical (unpaired) electrons. The van der Waals surface area contributed by atoms with E-state index in [1.807, 2.05) is 0 Å². The summed E-state index contributed by atoms with van der Waals surface area (Å²) in [6.45, 7) is 3.39. The number of hydrogen-bond donors (Lipinski definition) is 0. The fourth-order valence-corrected chi connectivity index (χ4v) is 1.03. The van der Waals surface area contributed by atoms with E-state index in [4.69, 9.17) is 4.74 Å². The van der Waals surface area contributed by atoms with E-state index < -0.39 is 5.97 Å². The molecule has 0 N–H and O–H groups in total. The normalized spacial score (nSPS) is 9.57. The van der Waals surface area contributed by atoms with Crippen LogP contribution in [0.1, 0.15) is 22.8 Å². The van der Waals surface area contributed by atoms with Crippen LogP contribution in [0.4, 0.5) is 0 Å². The third kappa shape index (κ3) is 2.42. The van der Waals surface area contributed by atoms with Crippen molar-refractivity contribution < 1.29 is 14.3 Å². The molecule has 73 valence electrons. The molecule has 0 unspecified atom stereocenters. The van der Waals surface area contributed by atoms with Crippen LogP contribution in [0, 0.1) is 13.3 Å². The number of rotatable bonds is 3. The van der Waals surface area contributed by atoms with Crippen molar-refractivity contribution in [2.45, 2.75) is 13.8 Å². The number of aryl methyl sites for hydroxylation is 1. The summed E-state index contributed by atoms with van der Waals surface area (Å²) < 4.78 is 4.98. The lowest BCUT2D eigenvalue weighted by Crippen LogP contribution is -2.07. The van der Waals surface area contributed by atoms with Crippen LogP contribution in [0.3, 0.4) is 0 Å². The van der Waals surface area contributed by atoms with Crippen LogP contribution in [0.5, 0.6) is 5.75 Å². The minimum atomic E-state index is -0.396. The Labute approximate surface area is 82.7 Å². The molecule has 1 aromatic carbocycles. The fourth-order valence-electron chi connectivity index (χ4n) is 1.03. The molecule has 0 aromatic heterocycles. The van der Waals surface area contributed by atoms with Crippen LogP contribution in [-0.4, -0.2) is 12.3 Å². The van der Waals surface area contributed by atoms with Gasteiger partial charge in [0.25, 0.3) is 0 Å². The van der Waals surface area contributed by atoms with Crippen LogP contribution in [0.25, 0.3) is 0 Å². The van der Waals surface area contributed by atoms with E-state index in [9.17, 15) is 9.59 Å². The van der Waals surface area contributed by atoms with Gasteiger partial charge in [-0.1, -0.05) is 6.92 Å². The minimum Gasteiger partial charge on any atom is -0.426 e. The third-order valence-electron chi connectivity index (χ3n) is 1.78. The zero-order valence-electron chi connectivity index (χ0n) is 8.11. The topological polar surface area (TPSA) is 43.4 Å². The van der Waals surface area contributed by atoms with Gasteiger partial charge in [0.1, 0.15) is 12.0 Å². The van der Waals surface area contributed by atoms with Crippen molar-refractivity contribution in [3.63, 3.8) is 0 Å². The van der Waals surface area contributed by atoms with Gasteiger partial charge in [0.05, 0.1) is 6.42 Å². The molecule has 0 fully saturated rings. The highest BCUT2D eigenvalue weighted by Crippen LogP contribution is 2.18. The molecule has 1 rings (SSSR count). The van der Waals surface area contributed by atoms with Gasteiger partial charge in [-0.2, -0.15) is 0 Å². The molecule has 0 bridgehead atoms. The largest absolute Gasteiger partial charge is 0.426 e. The zero-order chi connectivity index (χ0) is 10.6. The molecule has 0 heterocycles. The second kappa shape index (κ2) is 4.56. The Hall–Kier alpha value is -1.64. The Morgan fingerprint density at radius 1 is 1.43 bits per heavy atom. The highest BCUT2D eigenvalue weighted by molar-refractivity contribution is 5.81. The molecular weight excluding hydrogens is 180 g/mol. The summed E-state index contributed by atoms with van der Waals surface area (Å²) in [7, 11) is 0. The number of hydrogen-bond acceptors (Lipinski definition) is 3. The molecule has 1 aromatic rings. The standard InChI is InChI=1S/C11H11O3/c1-3-11(13)14-10-5-4-9(7-12)6-8(10)2/h3-7H,1-2H3. The van der Waals surface area contributed by atoms with E-state index in [-0.39, 0.29) is 0 Å². The first-order valence-corrected chi connectivity index (χ1v) is 4.24. The van der Waals surface area contributed by atoms with E-state index >= 15 is 0 Å². The van der Waals surface area contributed by atoms with Crippen molar-refractivity contribution >= 4 is 12.3 Å². The predicted molar refractivity (Wildman–Crippen MR) is 52.2 cm³/mol. The van der Waals surface area contributed by atoms with Crippen molar-refractivity contribution in [2.75, 3.05) is 0 Å². The van der Waals surface area contributed by atoms with Gasteiger partial charge in [0, 0.05) is 5.56 Å².